The second-order valence-electron chi connectivity index (χ2n) is 6.25. The Bertz CT molecular complexity index is 778. The van der Waals surface area contributed by atoms with Gasteiger partial charge in [-0.25, -0.2) is 0 Å². The van der Waals surface area contributed by atoms with E-state index in [1.807, 2.05) is 24.3 Å². The van der Waals surface area contributed by atoms with Crippen molar-refractivity contribution in [2.24, 2.45) is 5.73 Å². The average molecular weight is 356 g/mol. The predicted molar refractivity (Wildman–Crippen MR) is 98.3 cm³/mol. The van der Waals surface area contributed by atoms with Gasteiger partial charge in [-0.15, -0.1) is 0 Å². The molecule has 1 atom stereocenters. The lowest BCUT2D eigenvalue weighted by Crippen LogP contribution is -2.38. The number of carbonyl (C=O) groups is 1. The maximum Gasteiger partial charge on any atom is 0.258 e. The summed E-state index contributed by atoms with van der Waals surface area (Å²) in [5, 5.41) is 10.4. The second kappa shape index (κ2) is 8.21. The van der Waals surface area contributed by atoms with Gasteiger partial charge in [0.05, 0.1) is 31.9 Å². The van der Waals surface area contributed by atoms with E-state index in [1.165, 1.54) is 0 Å². The van der Waals surface area contributed by atoms with Crippen LogP contribution in [-0.2, 0) is 6.54 Å². The highest BCUT2D eigenvalue weighted by Crippen LogP contribution is 2.31. The summed E-state index contributed by atoms with van der Waals surface area (Å²) in [5.74, 6) is 0.885. The van der Waals surface area contributed by atoms with Gasteiger partial charge in [-0.2, -0.15) is 0 Å². The molecular weight excluding hydrogens is 332 g/mol. The van der Waals surface area contributed by atoms with Gasteiger partial charge in [0, 0.05) is 6.54 Å². The largest absolute Gasteiger partial charge is 0.497 e. The lowest BCUT2D eigenvalue weighted by atomic mass is 9.97. The number of rotatable bonds is 6. The molecule has 1 aliphatic rings. The summed E-state index contributed by atoms with van der Waals surface area (Å²) >= 11 is 0. The quantitative estimate of drug-likeness (QED) is 0.775. The third-order valence-electron chi connectivity index (χ3n) is 4.48. The van der Waals surface area contributed by atoms with E-state index in [9.17, 15) is 9.90 Å². The average Bonchev–Trinajstić information content (AvgIpc) is 2.67. The Hall–Kier alpha value is -2.57. The molecule has 1 unspecified atom stereocenters. The van der Waals surface area contributed by atoms with Gasteiger partial charge < -0.3 is 25.2 Å². The molecule has 1 amide bonds. The van der Waals surface area contributed by atoms with Crippen molar-refractivity contribution in [3.8, 4) is 11.5 Å². The van der Waals surface area contributed by atoms with E-state index in [4.69, 9.17) is 15.2 Å². The molecule has 0 spiro atoms. The highest BCUT2D eigenvalue weighted by Gasteiger charge is 2.29. The first-order valence-electron chi connectivity index (χ1n) is 8.70. The van der Waals surface area contributed by atoms with Crippen molar-refractivity contribution in [1.82, 2.24) is 4.90 Å². The number of hydrogen-bond acceptors (Lipinski definition) is 5. The fourth-order valence-electron chi connectivity index (χ4n) is 3.10. The number of fused-ring (bicyclic) bond motifs is 1. The monoisotopic (exact) mass is 356 g/mol. The summed E-state index contributed by atoms with van der Waals surface area (Å²) in [6.45, 7) is 1.66. The molecule has 0 saturated heterocycles. The van der Waals surface area contributed by atoms with Crippen LogP contribution in [-0.4, -0.2) is 42.7 Å². The third kappa shape index (κ3) is 3.81. The zero-order valence-electron chi connectivity index (χ0n) is 14.9. The van der Waals surface area contributed by atoms with E-state index in [2.05, 4.69) is 0 Å². The minimum absolute atomic E-state index is 0.194. The summed E-state index contributed by atoms with van der Waals surface area (Å²) < 4.78 is 11.0. The van der Waals surface area contributed by atoms with E-state index in [-0.39, 0.29) is 12.5 Å². The Morgan fingerprint density at radius 1 is 1.31 bits per heavy atom. The van der Waals surface area contributed by atoms with Gasteiger partial charge in [0.1, 0.15) is 11.5 Å². The molecule has 6 nitrogen and oxygen atoms in total. The number of carbonyl (C=O) groups excluding carboxylic acids is 1. The number of benzene rings is 2. The van der Waals surface area contributed by atoms with Crippen LogP contribution in [0.5, 0.6) is 11.5 Å². The lowest BCUT2D eigenvalue weighted by molar-refractivity contribution is 0.0546. The minimum Gasteiger partial charge on any atom is -0.497 e. The highest BCUT2D eigenvalue weighted by molar-refractivity contribution is 5.97. The molecule has 3 rings (SSSR count). The lowest BCUT2D eigenvalue weighted by Gasteiger charge is -2.32. The number of aliphatic hydroxyl groups is 1. The van der Waals surface area contributed by atoms with Crippen LogP contribution in [0.15, 0.2) is 42.5 Å². The predicted octanol–water partition coefficient (Wildman–Crippen LogP) is 2.11. The van der Waals surface area contributed by atoms with Crippen LogP contribution in [0.1, 0.15) is 34.0 Å². The first-order chi connectivity index (χ1) is 12.6. The van der Waals surface area contributed by atoms with E-state index in [0.717, 1.165) is 11.1 Å². The summed E-state index contributed by atoms with van der Waals surface area (Å²) in [7, 11) is 1.55. The van der Waals surface area contributed by atoms with Crippen LogP contribution in [0.3, 0.4) is 0 Å². The van der Waals surface area contributed by atoms with Gasteiger partial charge in [-0.3, -0.25) is 4.79 Å². The van der Waals surface area contributed by atoms with Crippen LogP contribution in [0.2, 0.25) is 0 Å². The van der Waals surface area contributed by atoms with E-state index in [1.54, 1.807) is 30.2 Å². The van der Waals surface area contributed by atoms with Crippen molar-refractivity contribution in [2.75, 3.05) is 26.8 Å². The number of methoxy groups -OCH3 is 1. The van der Waals surface area contributed by atoms with Gasteiger partial charge in [0.25, 0.3) is 5.91 Å². The van der Waals surface area contributed by atoms with Crippen molar-refractivity contribution in [2.45, 2.75) is 19.1 Å². The first kappa shape index (κ1) is 18.2. The van der Waals surface area contributed by atoms with Crippen LogP contribution in [0, 0.1) is 0 Å². The first-order valence-corrected chi connectivity index (χ1v) is 8.70. The molecule has 0 bridgehead atoms. The van der Waals surface area contributed by atoms with Crippen LogP contribution in [0.4, 0.5) is 0 Å². The van der Waals surface area contributed by atoms with E-state index < -0.39 is 6.10 Å². The second-order valence-corrected chi connectivity index (χ2v) is 6.25. The standard InChI is InChI=1S/C20H24N2O4/c1-25-15-7-8-19(26-10-4-9-21)17(11-15)20(24)22-12-14-5-2-3-6-16(14)18(23)13-22/h2-3,5-8,11,18,23H,4,9-10,12-13,21H2,1H3. The van der Waals surface area contributed by atoms with Crippen molar-refractivity contribution in [3.05, 3.63) is 59.2 Å². The molecule has 138 valence electrons. The molecule has 2 aromatic rings. The number of β-amino-alcohol motifs (C(OH)–C–C–N with tert-alkyl or cyclic N) is 1. The summed E-state index contributed by atoms with van der Waals surface area (Å²) in [4.78, 5) is 14.8. The number of nitrogens with two attached hydrogens (primary N) is 1. The highest BCUT2D eigenvalue weighted by atomic mass is 16.5. The van der Waals surface area contributed by atoms with Gasteiger partial charge in [-0.05, 0) is 42.3 Å². The fourth-order valence-corrected chi connectivity index (χ4v) is 3.10. The normalized spacial score (nSPS) is 16.1. The van der Waals surface area contributed by atoms with Crippen LogP contribution in [0.25, 0.3) is 0 Å². The maximum absolute atomic E-state index is 13.1. The number of amides is 1. The van der Waals surface area contributed by atoms with Crippen LogP contribution < -0.4 is 15.2 Å². The Kier molecular flexibility index (Phi) is 5.75. The molecule has 0 saturated carbocycles. The van der Waals surface area contributed by atoms with E-state index in [0.29, 0.717) is 43.2 Å². The van der Waals surface area contributed by atoms with E-state index >= 15 is 0 Å². The Balaban J connectivity index is 1.87. The smallest absolute Gasteiger partial charge is 0.258 e. The molecule has 26 heavy (non-hydrogen) atoms. The summed E-state index contributed by atoms with van der Waals surface area (Å²) in [6, 6.07) is 12.8. The summed E-state index contributed by atoms with van der Waals surface area (Å²) in [6.07, 6.45) is 0.00579. The van der Waals surface area contributed by atoms with Crippen molar-refractivity contribution >= 4 is 5.91 Å². The zero-order valence-corrected chi connectivity index (χ0v) is 14.9. The van der Waals surface area contributed by atoms with Crippen LogP contribution >= 0.6 is 0 Å². The SMILES string of the molecule is COc1ccc(OCCCN)c(C(=O)N2Cc3ccccc3C(O)C2)c1. The number of nitrogens with zero attached hydrogens (tertiary/aromatic N) is 1. The zero-order chi connectivity index (χ0) is 18.5. The Morgan fingerprint density at radius 2 is 2.12 bits per heavy atom. The maximum atomic E-state index is 13.1. The molecule has 3 N–H and O–H groups in total. The van der Waals surface area contributed by atoms with Crippen molar-refractivity contribution < 1.29 is 19.4 Å². The summed E-state index contributed by atoms with van der Waals surface area (Å²) in [5.41, 5.74) is 7.76. The molecule has 1 heterocycles. The van der Waals surface area contributed by atoms with Gasteiger partial charge in [0.15, 0.2) is 0 Å². The van der Waals surface area contributed by atoms with Gasteiger partial charge in [0.2, 0.25) is 0 Å². The molecule has 0 aromatic heterocycles. The topological polar surface area (TPSA) is 85.0 Å². The van der Waals surface area contributed by atoms with Gasteiger partial charge in [-0.1, -0.05) is 24.3 Å². The number of aliphatic hydroxyl groups excluding tert-OH is 1. The number of hydrogen-bond donors (Lipinski definition) is 2. The molecule has 0 fully saturated rings. The Labute approximate surface area is 153 Å². The third-order valence-corrected chi connectivity index (χ3v) is 4.48. The molecule has 1 aliphatic heterocycles. The Morgan fingerprint density at radius 3 is 2.88 bits per heavy atom. The molecule has 0 radical (unpaired) electrons. The molecule has 0 aliphatic carbocycles. The van der Waals surface area contributed by atoms with Crippen molar-refractivity contribution in [3.63, 3.8) is 0 Å². The molecule has 2 aromatic carbocycles. The fraction of sp³-hybridized carbons (Fsp3) is 0.350. The van der Waals surface area contributed by atoms with Gasteiger partial charge >= 0.3 is 0 Å². The minimum atomic E-state index is -0.698. The van der Waals surface area contributed by atoms with Crippen molar-refractivity contribution in [1.29, 1.82) is 0 Å². The molecular formula is C20H24N2O4. The number of ether oxygens (including phenoxy) is 2. The molecule has 6 heteroatoms.